The van der Waals surface area contributed by atoms with Gasteiger partial charge in [0.25, 0.3) is 10.0 Å². The fourth-order valence-corrected chi connectivity index (χ4v) is 3.70. The van der Waals surface area contributed by atoms with Crippen molar-refractivity contribution in [3.8, 4) is 0 Å². The van der Waals surface area contributed by atoms with Gasteiger partial charge in [0.2, 0.25) is 0 Å². The van der Waals surface area contributed by atoms with Crippen LogP contribution in [0.1, 0.15) is 16.7 Å². The summed E-state index contributed by atoms with van der Waals surface area (Å²) in [6.45, 7) is 5.33. The Morgan fingerprint density at radius 2 is 1.85 bits per heavy atom. The predicted octanol–water partition coefficient (Wildman–Crippen LogP) is 2.39. The van der Waals surface area contributed by atoms with Crippen molar-refractivity contribution in [3.63, 3.8) is 0 Å². The van der Waals surface area contributed by atoms with Crippen molar-refractivity contribution >= 4 is 21.5 Å². The Balaban J connectivity index is 2.53. The second-order valence-corrected chi connectivity index (χ2v) is 6.32. The van der Waals surface area contributed by atoms with E-state index in [-0.39, 0.29) is 10.7 Å². The summed E-state index contributed by atoms with van der Waals surface area (Å²) < 4.78 is 27.5. The topological polar surface area (TPSA) is 85.1 Å². The van der Waals surface area contributed by atoms with Crippen molar-refractivity contribution in [1.29, 1.82) is 0 Å². The normalized spacial score (nSPS) is 11.3. The summed E-state index contributed by atoms with van der Waals surface area (Å²) in [6, 6.07) is 6.81. The highest BCUT2D eigenvalue weighted by atomic mass is 32.2. The van der Waals surface area contributed by atoms with E-state index < -0.39 is 10.0 Å². The van der Waals surface area contributed by atoms with Gasteiger partial charge in [0.1, 0.15) is 5.82 Å². The van der Waals surface area contributed by atoms with Gasteiger partial charge in [-0.3, -0.25) is 4.72 Å². The Bertz CT molecular complexity index is 741. The maximum atomic E-state index is 12.5. The molecule has 0 radical (unpaired) electrons. The number of aryl methyl sites for hydroxylation is 2. The molecule has 3 N–H and O–H groups in total. The number of nitrogens with zero attached hydrogens (tertiary/aromatic N) is 1. The molecule has 0 bridgehead atoms. The first-order valence-electron chi connectivity index (χ1n) is 6.13. The second kappa shape index (κ2) is 5.13. The monoisotopic (exact) mass is 291 g/mol. The summed E-state index contributed by atoms with van der Waals surface area (Å²) >= 11 is 0. The van der Waals surface area contributed by atoms with E-state index in [1.807, 2.05) is 6.92 Å². The lowest BCUT2D eigenvalue weighted by atomic mass is 10.1. The molecule has 1 aromatic carbocycles. The standard InChI is InChI=1S/C14H17N3O2S/c1-9-8-10(2)14(11(3)13(9)15)20(18,19)17-12-6-4-5-7-16-12/h4-8H,15H2,1-3H3,(H,16,17). The van der Waals surface area contributed by atoms with E-state index in [1.54, 1.807) is 38.1 Å². The van der Waals surface area contributed by atoms with Crippen molar-refractivity contribution in [3.05, 3.63) is 47.2 Å². The van der Waals surface area contributed by atoms with Crippen molar-refractivity contribution in [2.75, 3.05) is 10.5 Å². The van der Waals surface area contributed by atoms with Crippen molar-refractivity contribution in [2.24, 2.45) is 0 Å². The number of anilines is 2. The van der Waals surface area contributed by atoms with Crippen molar-refractivity contribution in [1.82, 2.24) is 4.98 Å². The molecule has 5 nitrogen and oxygen atoms in total. The first kappa shape index (κ1) is 14.3. The van der Waals surface area contributed by atoms with Gasteiger partial charge in [0.05, 0.1) is 4.90 Å². The highest BCUT2D eigenvalue weighted by Gasteiger charge is 2.22. The summed E-state index contributed by atoms with van der Waals surface area (Å²) in [7, 11) is -3.71. The zero-order valence-electron chi connectivity index (χ0n) is 11.6. The van der Waals surface area contributed by atoms with Crippen LogP contribution in [0.2, 0.25) is 0 Å². The van der Waals surface area contributed by atoms with E-state index in [0.29, 0.717) is 16.8 Å². The van der Waals surface area contributed by atoms with Gasteiger partial charge in [0.15, 0.2) is 0 Å². The van der Waals surface area contributed by atoms with Crippen LogP contribution in [0.3, 0.4) is 0 Å². The number of nitrogens with one attached hydrogen (secondary N) is 1. The van der Waals surface area contributed by atoms with Crippen LogP contribution in [0.5, 0.6) is 0 Å². The zero-order valence-corrected chi connectivity index (χ0v) is 12.5. The lowest BCUT2D eigenvalue weighted by Gasteiger charge is -2.15. The summed E-state index contributed by atoms with van der Waals surface area (Å²) in [4.78, 5) is 4.18. The van der Waals surface area contributed by atoms with Crippen LogP contribution in [-0.4, -0.2) is 13.4 Å². The van der Waals surface area contributed by atoms with Gasteiger partial charge in [-0.2, -0.15) is 0 Å². The molecule has 0 fully saturated rings. The quantitative estimate of drug-likeness (QED) is 0.850. The maximum absolute atomic E-state index is 12.5. The van der Waals surface area contributed by atoms with Gasteiger partial charge in [-0.05, 0) is 49.6 Å². The van der Waals surface area contributed by atoms with Gasteiger partial charge in [-0.15, -0.1) is 0 Å². The van der Waals surface area contributed by atoms with Crippen LogP contribution in [0, 0.1) is 20.8 Å². The highest BCUT2D eigenvalue weighted by Crippen LogP contribution is 2.29. The molecule has 106 valence electrons. The molecule has 0 amide bonds. The molecule has 0 aliphatic carbocycles. The molecule has 0 aliphatic heterocycles. The Hall–Kier alpha value is -2.08. The molecule has 0 saturated carbocycles. The number of nitrogens with two attached hydrogens (primary N) is 1. The zero-order chi connectivity index (χ0) is 14.9. The summed E-state index contributed by atoms with van der Waals surface area (Å²) in [5, 5.41) is 0. The van der Waals surface area contributed by atoms with Crippen molar-refractivity contribution < 1.29 is 8.42 Å². The molecule has 0 aliphatic rings. The number of hydrogen-bond donors (Lipinski definition) is 2. The number of hydrogen-bond acceptors (Lipinski definition) is 4. The third-order valence-electron chi connectivity index (χ3n) is 3.13. The van der Waals surface area contributed by atoms with Crippen LogP contribution in [0.25, 0.3) is 0 Å². The minimum atomic E-state index is -3.71. The first-order valence-corrected chi connectivity index (χ1v) is 7.61. The Kier molecular flexibility index (Phi) is 3.67. The van der Waals surface area contributed by atoms with E-state index >= 15 is 0 Å². The molecule has 2 aromatic rings. The van der Waals surface area contributed by atoms with Crippen LogP contribution in [0.15, 0.2) is 35.4 Å². The minimum Gasteiger partial charge on any atom is -0.398 e. The van der Waals surface area contributed by atoms with Crippen LogP contribution in [0.4, 0.5) is 11.5 Å². The SMILES string of the molecule is Cc1cc(C)c(S(=O)(=O)Nc2ccccn2)c(C)c1N. The molecule has 20 heavy (non-hydrogen) atoms. The summed E-state index contributed by atoms with van der Waals surface area (Å²) in [5.74, 6) is 0.283. The molecular formula is C14H17N3O2S. The van der Waals surface area contributed by atoms with E-state index in [9.17, 15) is 8.42 Å². The number of sulfonamides is 1. The molecule has 2 rings (SSSR count). The van der Waals surface area contributed by atoms with E-state index in [4.69, 9.17) is 5.73 Å². The molecular weight excluding hydrogens is 274 g/mol. The number of pyridine rings is 1. The third-order valence-corrected chi connectivity index (χ3v) is 4.78. The predicted molar refractivity (Wildman–Crippen MR) is 80.1 cm³/mol. The smallest absolute Gasteiger partial charge is 0.263 e. The number of rotatable bonds is 3. The molecule has 0 unspecified atom stereocenters. The fourth-order valence-electron chi connectivity index (χ4n) is 2.21. The first-order chi connectivity index (χ1) is 9.33. The van der Waals surface area contributed by atoms with E-state index in [1.165, 1.54) is 6.20 Å². The van der Waals surface area contributed by atoms with Crippen LogP contribution in [-0.2, 0) is 10.0 Å². The lowest BCUT2D eigenvalue weighted by molar-refractivity contribution is 0.600. The number of aromatic nitrogens is 1. The van der Waals surface area contributed by atoms with Crippen LogP contribution < -0.4 is 10.5 Å². The summed E-state index contributed by atoms with van der Waals surface area (Å²) in [6.07, 6.45) is 1.53. The minimum absolute atomic E-state index is 0.214. The largest absolute Gasteiger partial charge is 0.398 e. The molecule has 1 heterocycles. The Morgan fingerprint density at radius 3 is 2.45 bits per heavy atom. The fraction of sp³-hybridized carbons (Fsp3) is 0.214. The Labute approximate surface area is 118 Å². The molecule has 0 spiro atoms. The number of benzene rings is 1. The van der Waals surface area contributed by atoms with Crippen LogP contribution >= 0.6 is 0 Å². The number of nitrogen functional groups attached to an aromatic ring is 1. The molecule has 0 atom stereocenters. The molecule has 0 saturated heterocycles. The van der Waals surface area contributed by atoms with E-state index in [0.717, 1.165) is 5.56 Å². The lowest BCUT2D eigenvalue weighted by Crippen LogP contribution is -2.17. The highest BCUT2D eigenvalue weighted by molar-refractivity contribution is 7.92. The van der Waals surface area contributed by atoms with Gasteiger partial charge < -0.3 is 5.73 Å². The maximum Gasteiger partial charge on any atom is 0.263 e. The van der Waals surface area contributed by atoms with E-state index in [2.05, 4.69) is 9.71 Å². The third kappa shape index (κ3) is 2.60. The summed E-state index contributed by atoms with van der Waals surface area (Å²) in [5.41, 5.74) is 8.53. The average molecular weight is 291 g/mol. The average Bonchev–Trinajstić information content (AvgIpc) is 2.36. The molecule has 1 aromatic heterocycles. The van der Waals surface area contributed by atoms with Crippen molar-refractivity contribution in [2.45, 2.75) is 25.7 Å². The van der Waals surface area contributed by atoms with Gasteiger partial charge in [-0.25, -0.2) is 13.4 Å². The van der Waals surface area contributed by atoms with Gasteiger partial charge >= 0.3 is 0 Å². The molecule has 6 heteroatoms. The second-order valence-electron chi connectivity index (χ2n) is 4.70. The van der Waals surface area contributed by atoms with Gasteiger partial charge in [0, 0.05) is 11.9 Å². The Morgan fingerprint density at radius 1 is 1.15 bits per heavy atom. The van der Waals surface area contributed by atoms with Gasteiger partial charge in [-0.1, -0.05) is 12.1 Å².